The van der Waals surface area contributed by atoms with Crippen LogP contribution in [0.1, 0.15) is 11.1 Å². The molecule has 3 heteroatoms. The number of rotatable bonds is 3. The SMILES string of the molecule is C=CCc1c(F)cc(CO)cc1F. The zero-order valence-electron chi connectivity index (χ0n) is 7.06. The Morgan fingerprint density at radius 3 is 2.23 bits per heavy atom. The highest BCUT2D eigenvalue weighted by molar-refractivity contribution is 5.27. The largest absolute Gasteiger partial charge is 0.392 e. The van der Waals surface area contributed by atoms with Gasteiger partial charge in [-0.05, 0) is 24.1 Å². The lowest BCUT2D eigenvalue weighted by molar-refractivity contribution is 0.280. The number of halogens is 2. The van der Waals surface area contributed by atoms with Crippen LogP contribution >= 0.6 is 0 Å². The van der Waals surface area contributed by atoms with E-state index in [1.54, 1.807) is 0 Å². The molecule has 1 aromatic rings. The van der Waals surface area contributed by atoms with Gasteiger partial charge in [0.15, 0.2) is 0 Å². The molecule has 0 aliphatic carbocycles. The van der Waals surface area contributed by atoms with Gasteiger partial charge in [-0.1, -0.05) is 6.08 Å². The smallest absolute Gasteiger partial charge is 0.129 e. The van der Waals surface area contributed by atoms with E-state index < -0.39 is 11.6 Å². The second-order valence-electron chi connectivity index (χ2n) is 2.69. The Bertz CT molecular complexity index is 298. The lowest BCUT2D eigenvalue weighted by Crippen LogP contribution is -1.97. The summed E-state index contributed by atoms with van der Waals surface area (Å²) in [5.41, 5.74) is 0.231. The van der Waals surface area contributed by atoms with Crippen molar-refractivity contribution in [3.8, 4) is 0 Å². The zero-order valence-corrected chi connectivity index (χ0v) is 7.06. The van der Waals surface area contributed by atoms with Gasteiger partial charge in [0.1, 0.15) is 11.6 Å². The summed E-state index contributed by atoms with van der Waals surface area (Å²) in [5.74, 6) is -1.27. The van der Waals surface area contributed by atoms with Crippen molar-refractivity contribution in [2.45, 2.75) is 13.0 Å². The summed E-state index contributed by atoms with van der Waals surface area (Å²) in [6.45, 7) is 3.04. The van der Waals surface area contributed by atoms with Gasteiger partial charge in [-0.2, -0.15) is 0 Å². The fourth-order valence-corrected chi connectivity index (χ4v) is 1.09. The number of hydrogen-bond donors (Lipinski definition) is 1. The van der Waals surface area contributed by atoms with Crippen molar-refractivity contribution in [2.24, 2.45) is 0 Å². The molecule has 0 bridgehead atoms. The molecule has 0 saturated carbocycles. The Morgan fingerprint density at radius 1 is 1.31 bits per heavy atom. The fraction of sp³-hybridized carbons (Fsp3) is 0.200. The van der Waals surface area contributed by atoms with Crippen LogP contribution in [-0.4, -0.2) is 5.11 Å². The van der Waals surface area contributed by atoms with Gasteiger partial charge >= 0.3 is 0 Å². The highest BCUT2D eigenvalue weighted by Crippen LogP contribution is 2.16. The molecule has 0 saturated heterocycles. The van der Waals surface area contributed by atoms with Crippen molar-refractivity contribution in [1.29, 1.82) is 0 Å². The first-order chi connectivity index (χ1) is 6.19. The maximum absolute atomic E-state index is 13.1. The average molecular weight is 184 g/mol. The minimum Gasteiger partial charge on any atom is -0.392 e. The highest BCUT2D eigenvalue weighted by Gasteiger charge is 2.08. The summed E-state index contributed by atoms with van der Waals surface area (Å²) in [4.78, 5) is 0. The second-order valence-corrected chi connectivity index (χ2v) is 2.69. The first kappa shape index (κ1) is 9.86. The van der Waals surface area contributed by atoms with Gasteiger partial charge in [0.05, 0.1) is 6.61 Å². The van der Waals surface area contributed by atoms with Gasteiger partial charge in [-0.15, -0.1) is 6.58 Å². The summed E-state index contributed by atoms with van der Waals surface area (Å²) in [5, 5.41) is 8.65. The first-order valence-electron chi connectivity index (χ1n) is 3.87. The normalized spacial score (nSPS) is 10.1. The Kier molecular flexibility index (Phi) is 3.14. The van der Waals surface area contributed by atoms with E-state index in [9.17, 15) is 8.78 Å². The monoisotopic (exact) mass is 184 g/mol. The summed E-state index contributed by atoms with van der Waals surface area (Å²) < 4.78 is 26.2. The van der Waals surface area contributed by atoms with Crippen LogP contribution in [0.25, 0.3) is 0 Å². The van der Waals surface area contributed by atoms with Gasteiger partial charge < -0.3 is 5.11 Å². The Morgan fingerprint density at radius 2 is 1.85 bits per heavy atom. The minimum atomic E-state index is -0.635. The number of aliphatic hydroxyl groups excluding tert-OH is 1. The quantitative estimate of drug-likeness (QED) is 0.714. The Hall–Kier alpha value is -1.22. The second kappa shape index (κ2) is 4.14. The van der Waals surface area contributed by atoms with Gasteiger partial charge in [0.2, 0.25) is 0 Å². The van der Waals surface area contributed by atoms with Crippen molar-refractivity contribution in [3.05, 3.63) is 47.5 Å². The topological polar surface area (TPSA) is 20.2 Å². The first-order valence-corrected chi connectivity index (χ1v) is 3.87. The standard InChI is InChI=1S/C10H10F2O/c1-2-3-8-9(11)4-7(6-13)5-10(8)12/h2,4-5,13H,1,3,6H2. The third-order valence-corrected chi connectivity index (χ3v) is 1.73. The van der Waals surface area contributed by atoms with E-state index in [1.807, 2.05) is 0 Å². The van der Waals surface area contributed by atoms with Crippen molar-refractivity contribution >= 4 is 0 Å². The predicted octanol–water partition coefficient (Wildman–Crippen LogP) is 2.19. The molecule has 0 amide bonds. The molecule has 0 aliphatic heterocycles. The van der Waals surface area contributed by atoms with Crippen LogP contribution in [0.5, 0.6) is 0 Å². The summed E-state index contributed by atoms with van der Waals surface area (Å²) in [6.07, 6.45) is 1.59. The number of benzene rings is 1. The van der Waals surface area contributed by atoms with Crippen LogP contribution < -0.4 is 0 Å². The molecule has 0 aromatic heterocycles. The summed E-state index contributed by atoms with van der Waals surface area (Å²) in [7, 11) is 0. The minimum absolute atomic E-state index is 0.00722. The van der Waals surface area contributed by atoms with E-state index in [-0.39, 0.29) is 24.2 Å². The Balaban J connectivity index is 3.14. The number of aliphatic hydroxyl groups is 1. The van der Waals surface area contributed by atoms with E-state index in [2.05, 4.69) is 6.58 Å². The fourth-order valence-electron chi connectivity index (χ4n) is 1.09. The van der Waals surface area contributed by atoms with Crippen LogP contribution in [0.15, 0.2) is 24.8 Å². The molecule has 0 radical (unpaired) electrons. The summed E-state index contributed by atoms with van der Waals surface area (Å²) >= 11 is 0. The van der Waals surface area contributed by atoms with Crippen LogP contribution in [0.2, 0.25) is 0 Å². The van der Waals surface area contributed by atoms with E-state index in [0.717, 1.165) is 12.1 Å². The van der Waals surface area contributed by atoms with E-state index in [4.69, 9.17) is 5.11 Å². The lowest BCUT2D eigenvalue weighted by atomic mass is 10.1. The molecule has 1 N–H and O–H groups in total. The number of allylic oxidation sites excluding steroid dienone is 1. The lowest BCUT2D eigenvalue weighted by Gasteiger charge is -2.04. The maximum Gasteiger partial charge on any atom is 0.129 e. The van der Waals surface area contributed by atoms with Gasteiger partial charge in [0.25, 0.3) is 0 Å². The van der Waals surface area contributed by atoms with E-state index in [0.29, 0.717) is 0 Å². The highest BCUT2D eigenvalue weighted by atomic mass is 19.1. The van der Waals surface area contributed by atoms with Gasteiger partial charge in [-0.25, -0.2) is 8.78 Å². The maximum atomic E-state index is 13.1. The predicted molar refractivity (Wildman–Crippen MR) is 46.2 cm³/mol. The van der Waals surface area contributed by atoms with Gasteiger partial charge in [0, 0.05) is 5.56 Å². The molecule has 0 unspecified atom stereocenters. The van der Waals surface area contributed by atoms with Crippen LogP contribution in [0.4, 0.5) is 8.78 Å². The summed E-state index contributed by atoms with van der Waals surface area (Å²) in [6, 6.07) is 2.25. The van der Waals surface area contributed by atoms with E-state index in [1.165, 1.54) is 6.08 Å². The van der Waals surface area contributed by atoms with Crippen LogP contribution in [0, 0.1) is 11.6 Å². The van der Waals surface area contributed by atoms with Crippen molar-refractivity contribution in [1.82, 2.24) is 0 Å². The molecular formula is C10H10F2O. The van der Waals surface area contributed by atoms with Crippen molar-refractivity contribution in [2.75, 3.05) is 0 Å². The average Bonchev–Trinajstić information content (AvgIpc) is 2.11. The third kappa shape index (κ3) is 2.12. The zero-order chi connectivity index (χ0) is 9.84. The Labute approximate surface area is 75.3 Å². The molecule has 1 aromatic carbocycles. The van der Waals surface area contributed by atoms with Crippen LogP contribution in [-0.2, 0) is 13.0 Å². The third-order valence-electron chi connectivity index (χ3n) is 1.73. The molecule has 70 valence electrons. The molecule has 0 heterocycles. The van der Waals surface area contributed by atoms with Crippen molar-refractivity contribution < 1.29 is 13.9 Å². The molecule has 1 nitrogen and oxygen atoms in total. The van der Waals surface area contributed by atoms with E-state index >= 15 is 0 Å². The molecule has 13 heavy (non-hydrogen) atoms. The molecule has 0 fully saturated rings. The molecule has 1 rings (SSSR count). The molecule has 0 atom stereocenters. The number of hydrogen-bond acceptors (Lipinski definition) is 1. The van der Waals surface area contributed by atoms with Crippen LogP contribution in [0.3, 0.4) is 0 Å². The molecule has 0 spiro atoms. The van der Waals surface area contributed by atoms with Crippen molar-refractivity contribution in [3.63, 3.8) is 0 Å². The molecular weight excluding hydrogens is 174 g/mol. The molecule has 0 aliphatic rings. The van der Waals surface area contributed by atoms with Gasteiger partial charge in [-0.3, -0.25) is 0 Å².